The zero-order valence-corrected chi connectivity index (χ0v) is 10.4. The SMILES string of the molecule is COC1C(O)[C@@H](CO)O[C@H]1c1c[nH]c(=O)[nH]c1=S. The molecule has 8 heteroatoms. The highest BCUT2D eigenvalue weighted by Crippen LogP contribution is 2.34. The van der Waals surface area contributed by atoms with E-state index in [0.29, 0.717) is 5.56 Å². The fraction of sp³-hybridized carbons (Fsp3) is 0.600. The molecule has 18 heavy (non-hydrogen) atoms. The van der Waals surface area contributed by atoms with Gasteiger partial charge in [-0.25, -0.2) is 4.79 Å². The maximum absolute atomic E-state index is 11.1. The van der Waals surface area contributed by atoms with Crippen LogP contribution in [-0.2, 0) is 9.47 Å². The minimum Gasteiger partial charge on any atom is -0.394 e. The van der Waals surface area contributed by atoms with Crippen LogP contribution in [0.25, 0.3) is 0 Å². The average Bonchev–Trinajstić information content (AvgIpc) is 2.65. The van der Waals surface area contributed by atoms with Crippen molar-refractivity contribution in [3.05, 3.63) is 26.9 Å². The van der Waals surface area contributed by atoms with E-state index < -0.39 is 30.1 Å². The van der Waals surface area contributed by atoms with Gasteiger partial charge in [-0.1, -0.05) is 12.2 Å². The lowest BCUT2D eigenvalue weighted by atomic mass is 10.0. The van der Waals surface area contributed by atoms with E-state index in [9.17, 15) is 9.90 Å². The Bertz CT molecular complexity index is 527. The maximum atomic E-state index is 11.1. The monoisotopic (exact) mass is 274 g/mol. The van der Waals surface area contributed by atoms with E-state index in [1.807, 2.05) is 0 Å². The second kappa shape index (κ2) is 5.29. The molecule has 0 aromatic carbocycles. The molecule has 4 atom stereocenters. The molecule has 0 radical (unpaired) electrons. The standard InChI is InChI=1S/C10H14N2O5S/c1-16-8-6(14)5(3-13)17-7(8)4-2-11-10(15)12-9(4)18/h2,5-8,13-14H,3H2,1H3,(H2,11,12,15,18)/t5-,6?,7+,8?/m1/s1. The normalized spacial score (nSPS) is 31.7. The van der Waals surface area contributed by atoms with Gasteiger partial charge in [0.25, 0.3) is 0 Å². The van der Waals surface area contributed by atoms with Gasteiger partial charge in [-0.3, -0.25) is 4.98 Å². The third-order valence-electron chi connectivity index (χ3n) is 2.94. The van der Waals surface area contributed by atoms with Crippen molar-refractivity contribution in [3.63, 3.8) is 0 Å². The van der Waals surface area contributed by atoms with Crippen molar-refractivity contribution < 1.29 is 19.7 Å². The van der Waals surface area contributed by atoms with Crippen molar-refractivity contribution in [3.8, 4) is 0 Å². The van der Waals surface area contributed by atoms with Gasteiger partial charge in [0.1, 0.15) is 29.1 Å². The Balaban J connectivity index is 2.38. The quantitative estimate of drug-likeness (QED) is 0.540. The number of methoxy groups -OCH3 is 1. The Kier molecular flexibility index (Phi) is 3.93. The summed E-state index contributed by atoms with van der Waals surface area (Å²) in [5, 5.41) is 19.0. The fourth-order valence-electron chi connectivity index (χ4n) is 2.03. The van der Waals surface area contributed by atoms with E-state index in [1.54, 1.807) is 0 Å². The second-order valence-electron chi connectivity index (χ2n) is 4.00. The Hall–Kier alpha value is -1.06. The predicted octanol–water partition coefficient (Wildman–Crippen LogP) is -0.759. The second-order valence-corrected chi connectivity index (χ2v) is 4.40. The average molecular weight is 274 g/mol. The number of ether oxygens (including phenoxy) is 2. The van der Waals surface area contributed by atoms with Crippen molar-refractivity contribution in [1.82, 2.24) is 9.97 Å². The van der Waals surface area contributed by atoms with Gasteiger partial charge in [-0.2, -0.15) is 0 Å². The zero-order chi connectivity index (χ0) is 13.3. The molecular formula is C10H14N2O5S. The zero-order valence-electron chi connectivity index (χ0n) is 9.62. The van der Waals surface area contributed by atoms with Crippen molar-refractivity contribution in [2.45, 2.75) is 24.4 Å². The summed E-state index contributed by atoms with van der Waals surface area (Å²) in [6, 6.07) is 0. The molecule has 1 aromatic rings. The molecule has 1 aliphatic rings. The summed E-state index contributed by atoms with van der Waals surface area (Å²) in [5.41, 5.74) is 0.0846. The van der Waals surface area contributed by atoms with E-state index >= 15 is 0 Å². The Morgan fingerprint density at radius 2 is 2.33 bits per heavy atom. The summed E-state index contributed by atoms with van der Waals surface area (Å²) in [7, 11) is 1.43. The van der Waals surface area contributed by atoms with E-state index in [2.05, 4.69) is 9.97 Å². The molecule has 0 amide bonds. The summed E-state index contributed by atoms with van der Waals surface area (Å²) < 4.78 is 10.9. The van der Waals surface area contributed by atoms with Gasteiger partial charge >= 0.3 is 5.69 Å². The minimum atomic E-state index is -0.952. The van der Waals surface area contributed by atoms with Crippen LogP contribution in [0.3, 0.4) is 0 Å². The topological polar surface area (TPSA) is 108 Å². The molecule has 1 fully saturated rings. The summed E-state index contributed by atoms with van der Waals surface area (Å²) in [4.78, 5) is 15.9. The molecule has 100 valence electrons. The number of aromatic amines is 2. The van der Waals surface area contributed by atoms with Crippen LogP contribution in [0.15, 0.2) is 11.0 Å². The molecule has 1 aromatic heterocycles. The highest BCUT2D eigenvalue weighted by Gasteiger charge is 2.44. The summed E-state index contributed by atoms with van der Waals surface area (Å²) >= 11 is 5.04. The van der Waals surface area contributed by atoms with Crippen molar-refractivity contribution in [2.75, 3.05) is 13.7 Å². The number of hydrogen-bond donors (Lipinski definition) is 4. The Morgan fingerprint density at radius 3 is 2.89 bits per heavy atom. The van der Waals surface area contributed by atoms with E-state index in [-0.39, 0.29) is 11.2 Å². The van der Waals surface area contributed by atoms with Crippen LogP contribution in [0.2, 0.25) is 0 Å². The minimum absolute atomic E-state index is 0.219. The number of aromatic nitrogens is 2. The van der Waals surface area contributed by atoms with Crippen LogP contribution < -0.4 is 5.69 Å². The first-order valence-electron chi connectivity index (χ1n) is 5.37. The number of H-pyrrole nitrogens is 2. The molecule has 0 saturated carbocycles. The first kappa shape index (κ1) is 13.4. The van der Waals surface area contributed by atoms with Crippen LogP contribution in [0, 0.1) is 4.64 Å². The van der Waals surface area contributed by atoms with Gasteiger partial charge in [0, 0.05) is 18.9 Å². The lowest BCUT2D eigenvalue weighted by Gasteiger charge is -2.18. The Morgan fingerprint density at radius 1 is 1.61 bits per heavy atom. The van der Waals surface area contributed by atoms with Crippen LogP contribution in [0.5, 0.6) is 0 Å². The first-order valence-corrected chi connectivity index (χ1v) is 5.78. The smallest absolute Gasteiger partial charge is 0.323 e. The lowest BCUT2D eigenvalue weighted by Crippen LogP contribution is -2.34. The third-order valence-corrected chi connectivity index (χ3v) is 3.28. The van der Waals surface area contributed by atoms with Gasteiger partial charge in [-0.15, -0.1) is 0 Å². The molecule has 2 rings (SSSR count). The highest BCUT2D eigenvalue weighted by molar-refractivity contribution is 7.71. The van der Waals surface area contributed by atoms with Crippen molar-refractivity contribution >= 4 is 12.2 Å². The van der Waals surface area contributed by atoms with Gasteiger partial charge in [0.15, 0.2) is 0 Å². The van der Waals surface area contributed by atoms with E-state index in [1.165, 1.54) is 13.3 Å². The number of rotatable bonds is 3. The summed E-state index contributed by atoms with van der Waals surface area (Å²) in [6.45, 7) is -0.322. The summed E-state index contributed by atoms with van der Waals surface area (Å²) in [6.07, 6.45) is -1.55. The summed E-state index contributed by atoms with van der Waals surface area (Å²) in [5.74, 6) is 0. The van der Waals surface area contributed by atoms with Crippen LogP contribution >= 0.6 is 12.2 Å². The molecule has 1 aliphatic heterocycles. The molecule has 4 N–H and O–H groups in total. The lowest BCUT2D eigenvalue weighted by molar-refractivity contribution is -0.0238. The molecule has 0 spiro atoms. The molecule has 7 nitrogen and oxygen atoms in total. The third kappa shape index (κ3) is 2.25. The van der Waals surface area contributed by atoms with Crippen LogP contribution in [-0.4, -0.2) is 52.2 Å². The first-order chi connectivity index (χ1) is 8.58. The number of aliphatic hydroxyl groups is 2. The predicted molar refractivity (Wildman–Crippen MR) is 63.8 cm³/mol. The molecule has 1 saturated heterocycles. The van der Waals surface area contributed by atoms with Crippen molar-refractivity contribution in [1.29, 1.82) is 0 Å². The molecular weight excluding hydrogens is 260 g/mol. The molecule has 0 aliphatic carbocycles. The number of aliphatic hydroxyl groups excluding tert-OH is 2. The molecule has 0 bridgehead atoms. The van der Waals surface area contributed by atoms with Crippen LogP contribution in [0.4, 0.5) is 0 Å². The number of nitrogens with one attached hydrogen (secondary N) is 2. The molecule has 2 heterocycles. The van der Waals surface area contributed by atoms with Gasteiger partial charge in [-0.05, 0) is 0 Å². The maximum Gasteiger partial charge on any atom is 0.323 e. The van der Waals surface area contributed by atoms with Gasteiger partial charge < -0.3 is 24.7 Å². The molecule has 2 unspecified atom stereocenters. The van der Waals surface area contributed by atoms with Gasteiger partial charge in [0.05, 0.1) is 6.61 Å². The van der Waals surface area contributed by atoms with E-state index in [0.717, 1.165) is 0 Å². The number of hydrogen-bond acceptors (Lipinski definition) is 6. The Labute approximate surface area is 107 Å². The fourth-order valence-corrected chi connectivity index (χ4v) is 2.30. The van der Waals surface area contributed by atoms with E-state index in [4.69, 9.17) is 26.8 Å². The largest absolute Gasteiger partial charge is 0.394 e. The van der Waals surface area contributed by atoms with Gasteiger partial charge in [0.2, 0.25) is 0 Å². The van der Waals surface area contributed by atoms with Crippen molar-refractivity contribution in [2.24, 2.45) is 0 Å². The van der Waals surface area contributed by atoms with Crippen LogP contribution in [0.1, 0.15) is 11.7 Å². The highest BCUT2D eigenvalue weighted by atomic mass is 32.1.